The van der Waals surface area contributed by atoms with Gasteiger partial charge in [-0.3, -0.25) is 4.90 Å². The summed E-state index contributed by atoms with van der Waals surface area (Å²) in [6.45, 7) is 7.89. The maximum Gasteiger partial charge on any atom is 0.129 e. The van der Waals surface area contributed by atoms with E-state index in [1.54, 1.807) is 0 Å². The standard InChI is InChI=1S/C16H25N3O/c1-2-15-9-14(12-20)10-16(17-15)19-7-5-18(6-8-19)11-13-3-4-13/h9-10,13,20H,2-8,11-12H2,1H3. The minimum atomic E-state index is 0.101. The zero-order chi connectivity index (χ0) is 13.9. The van der Waals surface area contributed by atoms with E-state index in [0.29, 0.717) is 0 Å². The lowest BCUT2D eigenvalue weighted by atomic mass is 10.2. The molecule has 2 fully saturated rings. The highest BCUT2D eigenvalue weighted by atomic mass is 16.3. The number of piperazine rings is 1. The molecule has 0 aromatic carbocycles. The molecular formula is C16H25N3O. The Balaban J connectivity index is 1.64. The quantitative estimate of drug-likeness (QED) is 0.887. The largest absolute Gasteiger partial charge is 0.392 e. The van der Waals surface area contributed by atoms with Crippen molar-refractivity contribution in [2.24, 2.45) is 5.92 Å². The Bertz CT molecular complexity index is 429. The van der Waals surface area contributed by atoms with Crippen LogP contribution >= 0.6 is 0 Å². The van der Waals surface area contributed by atoms with E-state index in [-0.39, 0.29) is 6.61 Å². The number of aliphatic hydroxyl groups excluding tert-OH is 1. The number of nitrogens with zero attached hydrogens (tertiary/aromatic N) is 3. The van der Waals surface area contributed by atoms with Crippen LogP contribution in [0.2, 0.25) is 0 Å². The van der Waals surface area contributed by atoms with Crippen LogP contribution in [0.1, 0.15) is 31.0 Å². The van der Waals surface area contributed by atoms with E-state index in [1.807, 2.05) is 12.1 Å². The third-order valence-corrected chi connectivity index (χ3v) is 4.38. The summed E-state index contributed by atoms with van der Waals surface area (Å²) in [7, 11) is 0. The average Bonchev–Trinajstić information content (AvgIpc) is 3.31. The molecule has 0 spiro atoms. The number of aliphatic hydroxyl groups is 1. The highest BCUT2D eigenvalue weighted by Crippen LogP contribution is 2.30. The third-order valence-electron chi connectivity index (χ3n) is 4.38. The molecule has 2 heterocycles. The summed E-state index contributed by atoms with van der Waals surface area (Å²) in [5.74, 6) is 2.02. The van der Waals surface area contributed by atoms with Crippen molar-refractivity contribution >= 4 is 5.82 Å². The van der Waals surface area contributed by atoms with E-state index in [0.717, 1.165) is 55.6 Å². The normalized spacial score (nSPS) is 20.4. The van der Waals surface area contributed by atoms with E-state index < -0.39 is 0 Å². The summed E-state index contributed by atoms with van der Waals surface area (Å²) in [6, 6.07) is 4.04. The van der Waals surface area contributed by atoms with Gasteiger partial charge in [0.15, 0.2) is 0 Å². The Morgan fingerprint density at radius 1 is 1.20 bits per heavy atom. The van der Waals surface area contributed by atoms with E-state index in [9.17, 15) is 5.11 Å². The molecule has 1 N–H and O–H groups in total. The number of pyridine rings is 1. The smallest absolute Gasteiger partial charge is 0.129 e. The molecular weight excluding hydrogens is 250 g/mol. The fourth-order valence-electron chi connectivity index (χ4n) is 2.89. The van der Waals surface area contributed by atoms with E-state index in [2.05, 4.69) is 16.7 Å². The number of hydrogen-bond donors (Lipinski definition) is 1. The van der Waals surface area contributed by atoms with Gasteiger partial charge in [0.2, 0.25) is 0 Å². The number of aryl methyl sites for hydroxylation is 1. The Morgan fingerprint density at radius 2 is 1.95 bits per heavy atom. The molecule has 4 nitrogen and oxygen atoms in total. The van der Waals surface area contributed by atoms with E-state index in [1.165, 1.54) is 19.4 Å². The van der Waals surface area contributed by atoms with Gasteiger partial charge in [0.1, 0.15) is 5.82 Å². The van der Waals surface area contributed by atoms with Crippen LogP contribution in [0.25, 0.3) is 0 Å². The van der Waals surface area contributed by atoms with Crippen LogP contribution < -0.4 is 4.90 Å². The molecule has 4 heteroatoms. The first-order valence-corrected chi connectivity index (χ1v) is 7.86. The van der Waals surface area contributed by atoms with Crippen LogP contribution in [0.5, 0.6) is 0 Å². The lowest BCUT2D eigenvalue weighted by molar-refractivity contribution is 0.247. The predicted octanol–water partition coefficient (Wildman–Crippen LogP) is 1.67. The molecule has 1 aromatic rings. The van der Waals surface area contributed by atoms with Crippen LogP contribution in [0, 0.1) is 5.92 Å². The molecule has 2 aliphatic rings. The summed E-state index contributed by atoms with van der Waals surface area (Å²) in [6.07, 6.45) is 3.78. The summed E-state index contributed by atoms with van der Waals surface area (Å²) < 4.78 is 0. The molecule has 1 aliphatic heterocycles. The third kappa shape index (κ3) is 3.30. The predicted molar refractivity (Wildman–Crippen MR) is 80.9 cm³/mol. The van der Waals surface area contributed by atoms with Crippen LogP contribution in [0.4, 0.5) is 5.82 Å². The van der Waals surface area contributed by atoms with Gasteiger partial charge < -0.3 is 10.0 Å². The summed E-state index contributed by atoms with van der Waals surface area (Å²) in [4.78, 5) is 9.67. The van der Waals surface area contributed by atoms with Gasteiger partial charge in [0, 0.05) is 38.4 Å². The van der Waals surface area contributed by atoms with Gasteiger partial charge in [-0.15, -0.1) is 0 Å². The molecule has 1 saturated carbocycles. The monoisotopic (exact) mass is 275 g/mol. The molecule has 1 aliphatic carbocycles. The van der Waals surface area contributed by atoms with Crippen molar-refractivity contribution < 1.29 is 5.11 Å². The number of anilines is 1. The van der Waals surface area contributed by atoms with Gasteiger partial charge >= 0.3 is 0 Å². The minimum Gasteiger partial charge on any atom is -0.392 e. The van der Waals surface area contributed by atoms with Crippen molar-refractivity contribution in [1.82, 2.24) is 9.88 Å². The first kappa shape index (κ1) is 13.8. The summed E-state index contributed by atoms with van der Waals surface area (Å²) in [5, 5.41) is 9.37. The van der Waals surface area contributed by atoms with Crippen molar-refractivity contribution in [2.75, 3.05) is 37.6 Å². The summed E-state index contributed by atoms with van der Waals surface area (Å²) >= 11 is 0. The van der Waals surface area contributed by atoms with Gasteiger partial charge in [-0.1, -0.05) is 6.92 Å². The van der Waals surface area contributed by atoms with Crippen molar-refractivity contribution in [3.8, 4) is 0 Å². The van der Waals surface area contributed by atoms with Gasteiger partial charge in [0.05, 0.1) is 6.61 Å². The first-order chi connectivity index (χ1) is 9.78. The molecule has 0 bridgehead atoms. The molecule has 0 atom stereocenters. The molecule has 110 valence electrons. The Kier molecular flexibility index (Phi) is 4.22. The van der Waals surface area contributed by atoms with E-state index >= 15 is 0 Å². The van der Waals surface area contributed by atoms with Gasteiger partial charge in [0.25, 0.3) is 0 Å². The second-order valence-corrected chi connectivity index (χ2v) is 6.07. The fourth-order valence-corrected chi connectivity index (χ4v) is 2.89. The Morgan fingerprint density at radius 3 is 2.55 bits per heavy atom. The van der Waals surface area contributed by atoms with Crippen molar-refractivity contribution in [3.05, 3.63) is 23.4 Å². The Labute approximate surface area is 121 Å². The molecule has 0 radical (unpaired) electrons. The lowest BCUT2D eigenvalue weighted by Gasteiger charge is -2.35. The van der Waals surface area contributed by atoms with Gasteiger partial charge in [-0.25, -0.2) is 4.98 Å². The number of hydrogen-bond acceptors (Lipinski definition) is 4. The second-order valence-electron chi connectivity index (χ2n) is 6.07. The molecule has 3 rings (SSSR count). The van der Waals surface area contributed by atoms with E-state index in [4.69, 9.17) is 4.98 Å². The molecule has 0 unspecified atom stereocenters. The highest BCUT2D eigenvalue weighted by Gasteiger charge is 2.26. The average molecular weight is 275 g/mol. The lowest BCUT2D eigenvalue weighted by Crippen LogP contribution is -2.47. The number of rotatable bonds is 5. The van der Waals surface area contributed by atoms with Crippen LogP contribution in [0.3, 0.4) is 0 Å². The topological polar surface area (TPSA) is 39.6 Å². The molecule has 1 aromatic heterocycles. The van der Waals surface area contributed by atoms with Crippen LogP contribution in [-0.2, 0) is 13.0 Å². The SMILES string of the molecule is CCc1cc(CO)cc(N2CCN(CC3CC3)CC2)n1. The fraction of sp³-hybridized carbons (Fsp3) is 0.688. The summed E-state index contributed by atoms with van der Waals surface area (Å²) in [5.41, 5.74) is 2.05. The van der Waals surface area contributed by atoms with Gasteiger partial charge in [-0.05, 0) is 42.9 Å². The maximum atomic E-state index is 9.37. The molecule has 20 heavy (non-hydrogen) atoms. The van der Waals surface area contributed by atoms with Crippen LogP contribution in [0.15, 0.2) is 12.1 Å². The second kappa shape index (κ2) is 6.10. The zero-order valence-corrected chi connectivity index (χ0v) is 12.4. The van der Waals surface area contributed by atoms with Crippen molar-refractivity contribution in [3.63, 3.8) is 0 Å². The molecule has 0 amide bonds. The maximum absolute atomic E-state index is 9.37. The van der Waals surface area contributed by atoms with Crippen molar-refractivity contribution in [2.45, 2.75) is 32.8 Å². The zero-order valence-electron chi connectivity index (χ0n) is 12.4. The minimum absolute atomic E-state index is 0.101. The molecule has 1 saturated heterocycles. The Hall–Kier alpha value is -1.13. The van der Waals surface area contributed by atoms with Crippen LogP contribution in [-0.4, -0.2) is 47.7 Å². The van der Waals surface area contributed by atoms with Gasteiger partial charge in [-0.2, -0.15) is 0 Å². The first-order valence-electron chi connectivity index (χ1n) is 7.86. The number of aromatic nitrogens is 1. The highest BCUT2D eigenvalue weighted by molar-refractivity contribution is 5.43. The van der Waals surface area contributed by atoms with Crippen molar-refractivity contribution in [1.29, 1.82) is 0 Å².